The molecule has 6 heteroatoms. The van der Waals surface area contributed by atoms with Gasteiger partial charge in [-0.25, -0.2) is 0 Å². The summed E-state index contributed by atoms with van der Waals surface area (Å²) in [5.74, 6) is -0.332. The summed E-state index contributed by atoms with van der Waals surface area (Å²) >= 11 is 0. The van der Waals surface area contributed by atoms with Gasteiger partial charge in [0.05, 0.1) is 12.5 Å². The van der Waals surface area contributed by atoms with Gasteiger partial charge in [-0.15, -0.1) is 12.4 Å². The van der Waals surface area contributed by atoms with E-state index >= 15 is 0 Å². The molecule has 1 aromatic carbocycles. The first kappa shape index (κ1) is 18.5. The molecule has 0 aromatic heterocycles. The molecule has 5 nitrogen and oxygen atoms in total. The molecule has 1 amide bonds. The smallest absolute Gasteiger partial charge is 0.308 e. The summed E-state index contributed by atoms with van der Waals surface area (Å²) in [7, 11) is 0. The molecule has 0 spiro atoms. The van der Waals surface area contributed by atoms with E-state index in [0.29, 0.717) is 0 Å². The molecular weight excluding hydrogens is 304 g/mol. The highest BCUT2D eigenvalue weighted by molar-refractivity contribution is 5.85. The first-order valence-electron chi connectivity index (χ1n) is 7.38. The van der Waals surface area contributed by atoms with E-state index in [1.807, 2.05) is 37.3 Å². The Labute approximate surface area is 137 Å². The first-order chi connectivity index (χ1) is 10.1. The summed E-state index contributed by atoms with van der Waals surface area (Å²) in [5.41, 5.74) is 0.956. The van der Waals surface area contributed by atoms with Crippen LogP contribution in [0.3, 0.4) is 0 Å². The topological polar surface area (TPSA) is 67.4 Å². The van der Waals surface area contributed by atoms with Crippen LogP contribution in [0.5, 0.6) is 0 Å². The predicted molar refractivity (Wildman–Crippen MR) is 86.7 cm³/mol. The van der Waals surface area contributed by atoms with Crippen LogP contribution in [0.4, 0.5) is 0 Å². The Kier molecular flexibility index (Phi) is 7.91. The van der Waals surface area contributed by atoms with Gasteiger partial charge in [-0.05, 0) is 31.9 Å². The van der Waals surface area contributed by atoms with E-state index in [0.717, 1.165) is 24.9 Å². The standard InChI is InChI=1S/C16H22N2O3.ClH/c1-12(18-16(20)14-8-5-9-17-14)10-15(19)21-11-13-6-3-2-4-7-13;/h2-4,6-7,12,14,17H,5,8-11H2,1H3,(H,18,20);1H/t12-,14+;/m1./s1. The number of hydrogen-bond donors (Lipinski definition) is 2. The van der Waals surface area contributed by atoms with E-state index in [-0.39, 0.29) is 49.4 Å². The number of nitrogens with one attached hydrogen (secondary N) is 2. The van der Waals surface area contributed by atoms with Crippen LogP contribution < -0.4 is 10.6 Å². The van der Waals surface area contributed by atoms with Gasteiger partial charge >= 0.3 is 5.97 Å². The lowest BCUT2D eigenvalue weighted by Crippen LogP contribution is -2.44. The second-order valence-corrected chi connectivity index (χ2v) is 5.41. The fourth-order valence-corrected chi connectivity index (χ4v) is 2.35. The van der Waals surface area contributed by atoms with Crippen molar-refractivity contribution in [2.45, 2.75) is 44.9 Å². The van der Waals surface area contributed by atoms with Crippen LogP contribution in [0.1, 0.15) is 31.7 Å². The van der Waals surface area contributed by atoms with E-state index in [4.69, 9.17) is 4.74 Å². The molecule has 1 fully saturated rings. The van der Waals surface area contributed by atoms with Gasteiger partial charge in [-0.2, -0.15) is 0 Å². The minimum absolute atomic E-state index is 0. The molecule has 0 aliphatic carbocycles. The van der Waals surface area contributed by atoms with Crippen LogP contribution in [0, 0.1) is 0 Å². The van der Waals surface area contributed by atoms with Crippen molar-refractivity contribution in [3.63, 3.8) is 0 Å². The van der Waals surface area contributed by atoms with Crippen molar-refractivity contribution in [1.29, 1.82) is 0 Å². The average molecular weight is 327 g/mol. The second kappa shape index (κ2) is 9.43. The SMILES string of the molecule is C[C@H](CC(=O)OCc1ccccc1)NC(=O)[C@@H]1CCCN1.Cl. The highest BCUT2D eigenvalue weighted by Crippen LogP contribution is 2.06. The molecule has 1 heterocycles. The average Bonchev–Trinajstić information content (AvgIpc) is 3.00. The molecule has 1 aromatic rings. The number of halogens is 1. The van der Waals surface area contributed by atoms with Crippen LogP contribution in [0.15, 0.2) is 30.3 Å². The van der Waals surface area contributed by atoms with Crippen molar-refractivity contribution in [2.75, 3.05) is 6.54 Å². The van der Waals surface area contributed by atoms with Crippen molar-refractivity contribution in [1.82, 2.24) is 10.6 Å². The van der Waals surface area contributed by atoms with Crippen LogP contribution in [0.25, 0.3) is 0 Å². The third kappa shape index (κ3) is 6.03. The lowest BCUT2D eigenvalue weighted by molar-refractivity contribution is -0.145. The third-order valence-electron chi connectivity index (χ3n) is 3.48. The van der Waals surface area contributed by atoms with Crippen molar-refractivity contribution in [2.24, 2.45) is 0 Å². The number of carbonyl (C=O) groups is 2. The maximum absolute atomic E-state index is 11.9. The number of esters is 1. The Morgan fingerprint density at radius 3 is 2.73 bits per heavy atom. The number of hydrogen-bond acceptors (Lipinski definition) is 4. The molecule has 22 heavy (non-hydrogen) atoms. The monoisotopic (exact) mass is 326 g/mol. The molecule has 0 bridgehead atoms. The maximum atomic E-state index is 11.9. The molecule has 0 radical (unpaired) electrons. The van der Waals surface area contributed by atoms with Crippen molar-refractivity contribution in [3.8, 4) is 0 Å². The molecular formula is C16H23ClN2O3. The Morgan fingerprint density at radius 1 is 1.36 bits per heavy atom. The highest BCUT2D eigenvalue weighted by Gasteiger charge is 2.23. The van der Waals surface area contributed by atoms with E-state index < -0.39 is 0 Å². The Morgan fingerprint density at radius 2 is 2.09 bits per heavy atom. The largest absolute Gasteiger partial charge is 0.461 e. The molecule has 1 saturated heterocycles. The molecule has 122 valence electrons. The molecule has 1 aliphatic rings. The maximum Gasteiger partial charge on any atom is 0.308 e. The highest BCUT2D eigenvalue weighted by atomic mass is 35.5. The van der Waals surface area contributed by atoms with E-state index in [2.05, 4.69) is 10.6 Å². The minimum atomic E-state index is -0.300. The van der Waals surface area contributed by atoms with Gasteiger partial charge in [0, 0.05) is 6.04 Å². The fraction of sp³-hybridized carbons (Fsp3) is 0.500. The van der Waals surface area contributed by atoms with E-state index in [9.17, 15) is 9.59 Å². The zero-order chi connectivity index (χ0) is 15.1. The molecule has 0 saturated carbocycles. The van der Waals surface area contributed by atoms with Gasteiger partial charge in [-0.3, -0.25) is 9.59 Å². The number of rotatable bonds is 6. The van der Waals surface area contributed by atoms with Gasteiger partial charge in [0.15, 0.2) is 0 Å². The molecule has 2 N–H and O–H groups in total. The van der Waals surface area contributed by atoms with Crippen LogP contribution in [-0.2, 0) is 20.9 Å². The summed E-state index contributed by atoms with van der Waals surface area (Å²) in [4.78, 5) is 23.6. The number of carbonyl (C=O) groups excluding carboxylic acids is 2. The third-order valence-corrected chi connectivity index (χ3v) is 3.48. The Bertz CT molecular complexity index is 476. The first-order valence-corrected chi connectivity index (χ1v) is 7.38. The normalized spacial score (nSPS) is 18.1. The van der Waals surface area contributed by atoms with Crippen LogP contribution in [-0.4, -0.2) is 30.5 Å². The van der Waals surface area contributed by atoms with Crippen molar-refractivity contribution < 1.29 is 14.3 Å². The number of amides is 1. The second-order valence-electron chi connectivity index (χ2n) is 5.41. The number of benzene rings is 1. The van der Waals surface area contributed by atoms with Crippen molar-refractivity contribution in [3.05, 3.63) is 35.9 Å². The summed E-state index contributed by atoms with van der Waals surface area (Å²) in [6, 6.07) is 9.20. The van der Waals surface area contributed by atoms with Crippen LogP contribution in [0.2, 0.25) is 0 Å². The van der Waals surface area contributed by atoms with Gasteiger partial charge in [-0.1, -0.05) is 30.3 Å². The summed E-state index contributed by atoms with van der Waals surface area (Å²) in [6.45, 7) is 2.97. The zero-order valence-electron chi connectivity index (χ0n) is 12.7. The molecule has 0 unspecified atom stereocenters. The molecule has 2 rings (SSSR count). The summed E-state index contributed by atoms with van der Waals surface area (Å²) < 4.78 is 5.20. The van der Waals surface area contributed by atoms with Gasteiger partial charge in [0.2, 0.25) is 5.91 Å². The van der Waals surface area contributed by atoms with E-state index in [1.54, 1.807) is 0 Å². The fourth-order valence-electron chi connectivity index (χ4n) is 2.35. The lowest BCUT2D eigenvalue weighted by Gasteiger charge is -2.16. The molecule has 1 aliphatic heterocycles. The van der Waals surface area contributed by atoms with Gasteiger partial charge in [0.1, 0.15) is 6.61 Å². The molecule has 2 atom stereocenters. The van der Waals surface area contributed by atoms with Crippen LogP contribution >= 0.6 is 12.4 Å². The van der Waals surface area contributed by atoms with Gasteiger partial charge in [0.25, 0.3) is 0 Å². The summed E-state index contributed by atoms with van der Waals surface area (Å²) in [5, 5.41) is 5.98. The number of ether oxygens (including phenoxy) is 1. The lowest BCUT2D eigenvalue weighted by atomic mass is 10.2. The quantitative estimate of drug-likeness (QED) is 0.782. The van der Waals surface area contributed by atoms with E-state index in [1.165, 1.54) is 0 Å². The van der Waals surface area contributed by atoms with Crippen molar-refractivity contribution >= 4 is 24.3 Å². The van der Waals surface area contributed by atoms with Gasteiger partial charge < -0.3 is 15.4 Å². The minimum Gasteiger partial charge on any atom is -0.461 e. The predicted octanol–water partition coefficient (Wildman–Crippen LogP) is 1.80. The Balaban J connectivity index is 0.00000242. The summed E-state index contributed by atoms with van der Waals surface area (Å²) in [6.07, 6.45) is 2.06. The zero-order valence-corrected chi connectivity index (χ0v) is 13.5. The Hall–Kier alpha value is -1.59.